The SMILES string of the molecule is Cc1cc(S(=O)(=O)N(C)C)ccc1OCC(=O)N(C)Cc1ccccc1. The Bertz CT molecular complexity index is 864. The maximum atomic E-state index is 12.2. The topological polar surface area (TPSA) is 66.9 Å². The van der Waals surface area contributed by atoms with Crippen LogP contribution in [0.5, 0.6) is 5.75 Å². The van der Waals surface area contributed by atoms with Crippen molar-refractivity contribution in [3.8, 4) is 5.75 Å². The first kappa shape index (κ1) is 19.9. The molecule has 1 amide bonds. The summed E-state index contributed by atoms with van der Waals surface area (Å²) in [5.41, 5.74) is 1.70. The molecule has 0 unspecified atom stereocenters. The van der Waals surface area contributed by atoms with Crippen LogP contribution in [0.3, 0.4) is 0 Å². The fraction of sp³-hybridized carbons (Fsp3) is 0.316. The van der Waals surface area contributed by atoms with E-state index in [0.717, 1.165) is 9.87 Å². The Balaban J connectivity index is 2.00. The lowest BCUT2D eigenvalue weighted by atomic mass is 10.2. The van der Waals surface area contributed by atoms with Crippen LogP contribution in [0.15, 0.2) is 53.4 Å². The van der Waals surface area contributed by atoms with Gasteiger partial charge >= 0.3 is 0 Å². The Kier molecular flexibility index (Phi) is 6.39. The van der Waals surface area contributed by atoms with E-state index in [9.17, 15) is 13.2 Å². The van der Waals surface area contributed by atoms with E-state index in [1.165, 1.54) is 20.2 Å². The molecule has 7 heteroatoms. The summed E-state index contributed by atoms with van der Waals surface area (Å²) in [6, 6.07) is 14.3. The van der Waals surface area contributed by atoms with Crippen molar-refractivity contribution in [3.63, 3.8) is 0 Å². The number of hydrogen-bond donors (Lipinski definition) is 0. The van der Waals surface area contributed by atoms with Gasteiger partial charge in [-0.05, 0) is 36.2 Å². The van der Waals surface area contributed by atoms with E-state index in [-0.39, 0.29) is 17.4 Å². The summed E-state index contributed by atoms with van der Waals surface area (Å²) in [5, 5.41) is 0. The molecule has 0 fully saturated rings. The number of nitrogens with zero attached hydrogens (tertiary/aromatic N) is 2. The van der Waals surface area contributed by atoms with Crippen molar-refractivity contribution in [1.29, 1.82) is 0 Å². The summed E-state index contributed by atoms with van der Waals surface area (Å²) in [7, 11) is 1.19. The molecule has 0 saturated heterocycles. The molecule has 6 nitrogen and oxygen atoms in total. The number of carbonyl (C=O) groups excluding carboxylic acids is 1. The lowest BCUT2D eigenvalue weighted by molar-refractivity contribution is -0.132. The number of benzene rings is 2. The summed E-state index contributed by atoms with van der Waals surface area (Å²) < 4.78 is 31.0. The highest BCUT2D eigenvalue weighted by atomic mass is 32.2. The van der Waals surface area contributed by atoms with Crippen molar-refractivity contribution in [2.45, 2.75) is 18.4 Å². The minimum atomic E-state index is -3.49. The van der Waals surface area contributed by atoms with Crippen LogP contribution in [0.25, 0.3) is 0 Å². The van der Waals surface area contributed by atoms with Crippen LogP contribution in [-0.2, 0) is 21.4 Å². The van der Waals surface area contributed by atoms with Gasteiger partial charge in [0.1, 0.15) is 5.75 Å². The quantitative estimate of drug-likeness (QED) is 0.744. The molecule has 140 valence electrons. The van der Waals surface area contributed by atoms with Gasteiger partial charge in [-0.3, -0.25) is 4.79 Å². The molecule has 0 atom stereocenters. The van der Waals surface area contributed by atoms with E-state index in [0.29, 0.717) is 17.9 Å². The van der Waals surface area contributed by atoms with Gasteiger partial charge in [0, 0.05) is 27.7 Å². The molecule has 0 saturated carbocycles. The van der Waals surface area contributed by atoms with Crippen LogP contribution < -0.4 is 4.74 Å². The van der Waals surface area contributed by atoms with Crippen LogP contribution >= 0.6 is 0 Å². The van der Waals surface area contributed by atoms with Crippen molar-refractivity contribution in [1.82, 2.24) is 9.21 Å². The van der Waals surface area contributed by atoms with Crippen LogP contribution in [0, 0.1) is 6.92 Å². The Labute approximate surface area is 155 Å². The van der Waals surface area contributed by atoms with Crippen LogP contribution in [-0.4, -0.2) is 51.3 Å². The Morgan fingerprint density at radius 1 is 1.04 bits per heavy atom. The molecule has 2 aromatic rings. The van der Waals surface area contributed by atoms with E-state index in [4.69, 9.17) is 4.74 Å². The maximum Gasteiger partial charge on any atom is 0.260 e. The summed E-state index contributed by atoms with van der Waals surface area (Å²) >= 11 is 0. The molecule has 0 aromatic heterocycles. The molecule has 0 spiro atoms. The molecule has 0 aliphatic carbocycles. The predicted molar refractivity (Wildman–Crippen MR) is 100 cm³/mol. The number of rotatable bonds is 7. The average molecular weight is 376 g/mol. The van der Waals surface area contributed by atoms with Crippen molar-refractivity contribution >= 4 is 15.9 Å². The van der Waals surface area contributed by atoms with E-state index in [2.05, 4.69) is 0 Å². The standard InChI is InChI=1S/C19H24N2O4S/c1-15-12-17(26(23,24)20(2)3)10-11-18(15)25-14-19(22)21(4)13-16-8-6-5-7-9-16/h5-12H,13-14H2,1-4H3. The molecule has 0 bridgehead atoms. The monoisotopic (exact) mass is 376 g/mol. The number of sulfonamides is 1. The summed E-state index contributed by atoms with van der Waals surface area (Å²) in [6.07, 6.45) is 0. The minimum Gasteiger partial charge on any atom is -0.483 e. The van der Waals surface area contributed by atoms with Crippen LogP contribution in [0.2, 0.25) is 0 Å². The van der Waals surface area contributed by atoms with E-state index < -0.39 is 10.0 Å². The zero-order valence-corrected chi connectivity index (χ0v) is 16.3. The number of aryl methyl sites for hydroxylation is 1. The normalized spacial score (nSPS) is 11.4. The van der Waals surface area contributed by atoms with Gasteiger partial charge in [0.25, 0.3) is 5.91 Å². The molecular weight excluding hydrogens is 352 g/mol. The fourth-order valence-electron chi connectivity index (χ4n) is 2.35. The predicted octanol–water partition coefficient (Wildman–Crippen LogP) is 2.28. The lowest BCUT2D eigenvalue weighted by Gasteiger charge is -2.18. The molecule has 0 N–H and O–H groups in total. The smallest absolute Gasteiger partial charge is 0.260 e. The van der Waals surface area contributed by atoms with E-state index >= 15 is 0 Å². The summed E-state index contributed by atoms with van der Waals surface area (Å²) in [6.45, 7) is 2.15. The van der Waals surface area contributed by atoms with Gasteiger partial charge in [-0.2, -0.15) is 0 Å². The Morgan fingerprint density at radius 2 is 1.69 bits per heavy atom. The average Bonchev–Trinajstić information content (AvgIpc) is 2.60. The van der Waals surface area contributed by atoms with Crippen molar-refractivity contribution in [2.24, 2.45) is 0 Å². The zero-order valence-electron chi connectivity index (χ0n) is 15.5. The zero-order chi connectivity index (χ0) is 19.3. The highest BCUT2D eigenvalue weighted by Gasteiger charge is 2.18. The third-order valence-electron chi connectivity index (χ3n) is 3.96. The lowest BCUT2D eigenvalue weighted by Crippen LogP contribution is -2.31. The third kappa shape index (κ3) is 4.83. The number of hydrogen-bond acceptors (Lipinski definition) is 4. The van der Waals surface area contributed by atoms with Crippen molar-refractivity contribution < 1.29 is 17.9 Å². The largest absolute Gasteiger partial charge is 0.483 e. The first-order valence-electron chi connectivity index (χ1n) is 8.15. The van der Waals surface area contributed by atoms with Gasteiger partial charge in [0.05, 0.1) is 4.90 Å². The summed E-state index contributed by atoms with van der Waals surface area (Å²) in [4.78, 5) is 14.0. The summed E-state index contributed by atoms with van der Waals surface area (Å²) in [5.74, 6) is 0.336. The molecule has 0 aliphatic rings. The third-order valence-corrected chi connectivity index (χ3v) is 5.78. The minimum absolute atomic E-state index is 0.107. The maximum absolute atomic E-state index is 12.2. The second kappa shape index (κ2) is 8.33. The first-order chi connectivity index (χ1) is 12.2. The first-order valence-corrected chi connectivity index (χ1v) is 9.59. The molecule has 0 radical (unpaired) electrons. The molecule has 2 aromatic carbocycles. The van der Waals surface area contributed by atoms with E-state index in [1.54, 1.807) is 31.0 Å². The molecular formula is C19H24N2O4S. The van der Waals surface area contributed by atoms with Crippen LogP contribution in [0.4, 0.5) is 0 Å². The number of amides is 1. The molecule has 0 aliphatic heterocycles. The Morgan fingerprint density at radius 3 is 2.27 bits per heavy atom. The second-order valence-electron chi connectivity index (χ2n) is 6.24. The fourth-order valence-corrected chi connectivity index (χ4v) is 3.34. The number of likely N-dealkylation sites (N-methyl/N-ethyl adjacent to an activating group) is 1. The molecule has 26 heavy (non-hydrogen) atoms. The number of ether oxygens (including phenoxy) is 1. The van der Waals surface area contributed by atoms with Gasteiger partial charge in [0.2, 0.25) is 10.0 Å². The Hall–Kier alpha value is -2.38. The van der Waals surface area contributed by atoms with Crippen LogP contribution in [0.1, 0.15) is 11.1 Å². The van der Waals surface area contributed by atoms with Gasteiger partial charge in [-0.1, -0.05) is 30.3 Å². The van der Waals surface area contributed by atoms with Crippen molar-refractivity contribution in [2.75, 3.05) is 27.7 Å². The number of carbonyl (C=O) groups is 1. The van der Waals surface area contributed by atoms with Gasteiger partial charge in [-0.15, -0.1) is 0 Å². The van der Waals surface area contributed by atoms with E-state index in [1.807, 2.05) is 30.3 Å². The molecule has 0 heterocycles. The van der Waals surface area contributed by atoms with Gasteiger partial charge in [-0.25, -0.2) is 12.7 Å². The second-order valence-corrected chi connectivity index (χ2v) is 8.39. The highest BCUT2D eigenvalue weighted by molar-refractivity contribution is 7.89. The molecule has 2 rings (SSSR count). The highest BCUT2D eigenvalue weighted by Crippen LogP contribution is 2.23. The van der Waals surface area contributed by atoms with Crippen molar-refractivity contribution in [3.05, 3.63) is 59.7 Å². The van der Waals surface area contributed by atoms with Gasteiger partial charge in [0.15, 0.2) is 6.61 Å². The van der Waals surface area contributed by atoms with Gasteiger partial charge < -0.3 is 9.64 Å².